The Kier molecular flexibility index (Phi) is 6.61. The van der Waals surface area contributed by atoms with Gasteiger partial charge in [-0.1, -0.05) is 23.2 Å². The number of hydrogen-bond donors (Lipinski definition) is 1. The molecule has 0 radical (unpaired) electrons. The number of hydrogen-bond acceptors (Lipinski definition) is 7. The molecule has 0 aliphatic carbocycles. The lowest BCUT2D eigenvalue weighted by molar-refractivity contribution is -0.385. The summed E-state index contributed by atoms with van der Waals surface area (Å²) in [7, 11) is 2.88. The van der Waals surface area contributed by atoms with Gasteiger partial charge in [-0.15, -0.1) is 0 Å². The van der Waals surface area contributed by atoms with Gasteiger partial charge in [0.1, 0.15) is 6.20 Å². The van der Waals surface area contributed by atoms with Gasteiger partial charge in [-0.2, -0.15) is 0 Å². The Morgan fingerprint density at radius 3 is 2.05 bits per heavy atom. The van der Waals surface area contributed by atoms with E-state index in [1.807, 2.05) is 0 Å². The molecule has 0 saturated heterocycles. The predicted molar refractivity (Wildman–Crippen MR) is 82.7 cm³/mol. The first-order valence-corrected chi connectivity index (χ1v) is 6.43. The number of pyridine rings is 2. The molecule has 0 amide bonds. The van der Waals surface area contributed by atoms with E-state index < -0.39 is 4.92 Å². The van der Waals surface area contributed by atoms with Crippen molar-refractivity contribution in [2.45, 2.75) is 0 Å². The number of rotatable bonds is 3. The minimum atomic E-state index is -0.564. The molecular weight excluding hydrogens is 335 g/mol. The number of halogens is 2. The lowest BCUT2D eigenvalue weighted by Gasteiger charge is -2.00. The van der Waals surface area contributed by atoms with Crippen LogP contribution in [0.25, 0.3) is 0 Å². The topological polar surface area (TPSA) is 113 Å². The van der Waals surface area contributed by atoms with Gasteiger partial charge in [-0.05, 0) is 0 Å². The smallest absolute Gasteiger partial charge is 0.291 e. The van der Waals surface area contributed by atoms with Crippen LogP contribution in [0, 0.1) is 10.1 Å². The average Bonchev–Trinajstić information content (AvgIpc) is 2.50. The number of nitro groups is 1. The zero-order valence-corrected chi connectivity index (χ0v) is 13.1. The minimum absolute atomic E-state index is 0.114. The molecule has 0 atom stereocenters. The van der Waals surface area contributed by atoms with E-state index in [1.165, 1.54) is 26.5 Å². The van der Waals surface area contributed by atoms with Gasteiger partial charge >= 0.3 is 0 Å². The van der Waals surface area contributed by atoms with Crippen molar-refractivity contribution in [1.29, 1.82) is 0 Å². The SMILES string of the molecule is COc1cc(N)cnc1Cl.COc1cc([N+](=O)[O-])cnc1Cl. The predicted octanol–water partition coefficient (Wildman–Crippen LogP) is 2.98. The summed E-state index contributed by atoms with van der Waals surface area (Å²) in [6.45, 7) is 0. The van der Waals surface area contributed by atoms with Gasteiger partial charge < -0.3 is 15.2 Å². The van der Waals surface area contributed by atoms with Crippen LogP contribution >= 0.6 is 23.2 Å². The van der Waals surface area contributed by atoms with E-state index in [0.29, 0.717) is 16.6 Å². The van der Waals surface area contributed by atoms with Crippen molar-refractivity contribution in [2.75, 3.05) is 20.0 Å². The van der Waals surface area contributed by atoms with Crippen LogP contribution in [0.4, 0.5) is 11.4 Å². The van der Waals surface area contributed by atoms with Gasteiger partial charge in [0.2, 0.25) is 0 Å². The lowest BCUT2D eigenvalue weighted by Crippen LogP contribution is -1.92. The normalized spacial score (nSPS) is 9.45. The molecule has 2 heterocycles. The highest BCUT2D eigenvalue weighted by Crippen LogP contribution is 2.25. The van der Waals surface area contributed by atoms with E-state index in [1.54, 1.807) is 6.07 Å². The number of anilines is 1. The fourth-order valence-corrected chi connectivity index (χ4v) is 1.61. The molecule has 0 spiro atoms. The maximum Gasteiger partial charge on any atom is 0.291 e. The third-order valence-electron chi connectivity index (χ3n) is 2.27. The zero-order valence-electron chi connectivity index (χ0n) is 11.6. The first-order valence-electron chi connectivity index (χ1n) is 5.68. The molecule has 22 heavy (non-hydrogen) atoms. The summed E-state index contributed by atoms with van der Waals surface area (Å²) < 4.78 is 9.59. The van der Waals surface area contributed by atoms with Crippen molar-refractivity contribution in [2.24, 2.45) is 0 Å². The number of ether oxygens (including phenoxy) is 2. The fourth-order valence-electron chi connectivity index (χ4n) is 1.25. The largest absolute Gasteiger partial charge is 0.493 e. The second-order valence-corrected chi connectivity index (χ2v) is 4.42. The zero-order chi connectivity index (χ0) is 16.7. The second kappa shape index (κ2) is 8.20. The van der Waals surface area contributed by atoms with Crippen LogP contribution in [0.5, 0.6) is 11.5 Å². The van der Waals surface area contributed by atoms with Crippen LogP contribution in [0.3, 0.4) is 0 Å². The van der Waals surface area contributed by atoms with Gasteiger partial charge in [0.25, 0.3) is 5.69 Å². The summed E-state index contributed by atoms with van der Waals surface area (Å²) in [6, 6.07) is 2.84. The average molecular weight is 347 g/mol. The second-order valence-electron chi connectivity index (χ2n) is 3.71. The molecule has 0 fully saturated rings. The maximum atomic E-state index is 10.2. The Morgan fingerprint density at radius 2 is 1.59 bits per heavy atom. The lowest BCUT2D eigenvalue weighted by atomic mass is 10.4. The molecule has 0 aromatic carbocycles. The molecule has 0 unspecified atom stereocenters. The van der Waals surface area contributed by atoms with Crippen molar-refractivity contribution >= 4 is 34.6 Å². The third-order valence-corrected chi connectivity index (χ3v) is 2.84. The number of aromatic nitrogens is 2. The van der Waals surface area contributed by atoms with Crippen molar-refractivity contribution in [3.05, 3.63) is 44.9 Å². The maximum absolute atomic E-state index is 10.2. The Labute approximate surface area is 135 Å². The number of nitrogens with zero attached hydrogens (tertiary/aromatic N) is 3. The molecular formula is C12H12Cl2N4O4. The molecule has 0 aliphatic heterocycles. The Hall–Kier alpha value is -2.32. The van der Waals surface area contributed by atoms with Crippen molar-refractivity contribution in [3.63, 3.8) is 0 Å². The molecule has 0 aliphatic rings. The number of methoxy groups -OCH3 is 2. The van der Waals surface area contributed by atoms with Crippen LogP contribution in [-0.4, -0.2) is 29.1 Å². The van der Waals surface area contributed by atoms with Crippen LogP contribution in [-0.2, 0) is 0 Å². The Bertz CT molecular complexity index is 670. The summed E-state index contributed by atoms with van der Waals surface area (Å²) in [5.41, 5.74) is 5.80. The molecule has 10 heteroatoms. The summed E-state index contributed by atoms with van der Waals surface area (Å²) in [6.07, 6.45) is 2.55. The molecule has 2 aromatic heterocycles. The summed E-state index contributed by atoms with van der Waals surface area (Å²) in [5.74, 6) is 0.701. The Balaban J connectivity index is 0.000000224. The first-order chi connectivity index (χ1) is 10.4. The van der Waals surface area contributed by atoms with Crippen molar-refractivity contribution in [3.8, 4) is 11.5 Å². The van der Waals surface area contributed by atoms with E-state index in [-0.39, 0.29) is 16.6 Å². The first kappa shape index (κ1) is 17.7. The van der Waals surface area contributed by atoms with Crippen LogP contribution in [0.15, 0.2) is 24.5 Å². The van der Waals surface area contributed by atoms with E-state index in [0.717, 1.165) is 6.20 Å². The molecule has 2 rings (SSSR count). The van der Waals surface area contributed by atoms with Gasteiger partial charge in [-0.25, -0.2) is 9.97 Å². The molecule has 0 saturated carbocycles. The third kappa shape index (κ3) is 4.90. The van der Waals surface area contributed by atoms with Gasteiger partial charge in [-0.3, -0.25) is 10.1 Å². The highest BCUT2D eigenvalue weighted by atomic mass is 35.5. The summed E-state index contributed by atoms with van der Waals surface area (Å²) >= 11 is 11.1. The highest BCUT2D eigenvalue weighted by Gasteiger charge is 2.10. The van der Waals surface area contributed by atoms with E-state index in [4.69, 9.17) is 38.4 Å². The summed E-state index contributed by atoms with van der Waals surface area (Å²) in [5, 5.41) is 10.7. The minimum Gasteiger partial charge on any atom is -0.493 e. The van der Waals surface area contributed by atoms with Crippen LogP contribution < -0.4 is 15.2 Å². The standard InChI is InChI=1S/C6H5ClN2O3.C6H7ClN2O/c1-12-5-2-4(9(10)11)3-8-6(5)7;1-10-5-2-4(8)3-9-6(5)7/h2-3H,1H3;2-3H,8H2,1H3. The van der Waals surface area contributed by atoms with Gasteiger partial charge in [0.15, 0.2) is 21.8 Å². The van der Waals surface area contributed by atoms with E-state index in [9.17, 15) is 10.1 Å². The van der Waals surface area contributed by atoms with Crippen molar-refractivity contribution < 1.29 is 14.4 Å². The molecule has 2 N–H and O–H groups in total. The van der Waals surface area contributed by atoms with E-state index >= 15 is 0 Å². The van der Waals surface area contributed by atoms with Crippen LogP contribution in [0.1, 0.15) is 0 Å². The molecule has 118 valence electrons. The monoisotopic (exact) mass is 346 g/mol. The molecule has 0 bridgehead atoms. The highest BCUT2D eigenvalue weighted by molar-refractivity contribution is 6.31. The fraction of sp³-hybridized carbons (Fsp3) is 0.167. The summed E-state index contributed by atoms with van der Waals surface area (Å²) in [4.78, 5) is 17.0. The Morgan fingerprint density at radius 1 is 1.09 bits per heavy atom. The van der Waals surface area contributed by atoms with Gasteiger partial charge in [0, 0.05) is 6.07 Å². The number of nitrogens with two attached hydrogens (primary N) is 1. The van der Waals surface area contributed by atoms with Crippen molar-refractivity contribution in [1.82, 2.24) is 9.97 Å². The van der Waals surface area contributed by atoms with Gasteiger partial charge in [0.05, 0.1) is 37.1 Å². The molecule has 2 aromatic rings. The van der Waals surface area contributed by atoms with E-state index in [2.05, 4.69) is 9.97 Å². The van der Waals surface area contributed by atoms with Crippen LogP contribution in [0.2, 0.25) is 10.3 Å². The quantitative estimate of drug-likeness (QED) is 0.516. The number of nitrogen functional groups attached to an aromatic ring is 1. The molecule has 8 nitrogen and oxygen atoms in total.